The lowest BCUT2D eigenvalue weighted by molar-refractivity contribution is -0.143. The molecule has 114 valence electrons. The van der Waals surface area contributed by atoms with Crippen LogP contribution in [0.15, 0.2) is 0 Å². The van der Waals surface area contributed by atoms with Gasteiger partial charge in [0.15, 0.2) is 0 Å². The minimum Gasteiger partial charge on any atom is -0.481 e. The van der Waals surface area contributed by atoms with Crippen molar-refractivity contribution in [2.75, 3.05) is 6.54 Å². The van der Waals surface area contributed by atoms with E-state index in [0.29, 0.717) is 19.1 Å². The van der Waals surface area contributed by atoms with Crippen LogP contribution in [0.2, 0.25) is 0 Å². The molecular weight excluding hydrogens is 258 g/mol. The number of amides is 1. The highest BCUT2D eigenvalue weighted by Gasteiger charge is 2.34. The third-order valence-electron chi connectivity index (χ3n) is 4.20. The summed E-state index contributed by atoms with van der Waals surface area (Å²) in [7, 11) is 0. The molecule has 1 saturated heterocycles. The number of rotatable bonds is 7. The summed E-state index contributed by atoms with van der Waals surface area (Å²) < 4.78 is 5.72. The SMILES string of the molecule is C[C@@H]1CC[C@@H](CCC(=O)N(C[C@H](C)C(=O)O)C2CC2)O1. The lowest BCUT2D eigenvalue weighted by Crippen LogP contribution is -2.38. The van der Waals surface area contributed by atoms with Crippen molar-refractivity contribution in [3.8, 4) is 0 Å². The Morgan fingerprint density at radius 2 is 2.00 bits per heavy atom. The van der Waals surface area contributed by atoms with Crippen molar-refractivity contribution in [2.24, 2.45) is 5.92 Å². The van der Waals surface area contributed by atoms with Crippen LogP contribution >= 0.6 is 0 Å². The molecule has 2 aliphatic rings. The van der Waals surface area contributed by atoms with Crippen LogP contribution in [0, 0.1) is 5.92 Å². The zero-order chi connectivity index (χ0) is 14.7. The van der Waals surface area contributed by atoms with Crippen LogP contribution in [0.4, 0.5) is 0 Å². The van der Waals surface area contributed by atoms with E-state index in [1.807, 2.05) is 0 Å². The summed E-state index contributed by atoms with van der Waals surface area (Å²) in [6, 6.07) is 0.271. The quantitative estimate of drug-likeness (QED) is 0.776. The van der Waals surface area contributed by atoms with Crippen molar-refractivity contribution in [2.45, 2.75) is 70.6 Å². The van der Waals surface area contributed by atoms with Gasteiger partial charge in [-0.25, -0.2) is 0 Å². The molecule has 1 heterocycles. The Morgan fingerprint density at radius 3 is 2.50 bits per heavy atom. The molecule has 0 aromatic heterocycles. The molecule has 1 aliphatic heterocycles. The Balaban J connectivity index is 1.79. The van der Waals surface area contributed by atoms with Gasteiger partial charge >= 0.3 is 5.97 Å². The first-order valence-corrected chi connectivity index (χ1v) is 7.65. The predicted octanol–water partition coefficient (Wildman–Crippen LogP) is 2.05. The van der Waals surface area contributed by atoms with Gasteiger partial charge in [-0.05, 0) is 39.0 Å². The van der Waals surface area contributed by atoms with Gasteiger partial charge in [0.05, 0.1) is 18.1 Å². The van der Waals surface area contributed by atoms with E-state index in [9.17, 15) is 9.59 Å². The number of carboxylic acids is 1. The summed E-state index contributed by atoms with van der Waals surface area (Å²) >= 11 is 0. The van der Waals surface area contributed by atoms with Crippen molar-refractivity contribution < 1.29 is 19.4 Å². The number of aliphatic carboxylic acids is 1. The lowest BCUT2D eigenvalue weighted by atomic mass is 10.1. The third-order valence-corrected chi connectivity index (χ3v) is 4.20. The third kappa shape index (κ3) is 4.20. The summed E-state index contributed by atoms with van der Waals surface area (Å²) in [4.78, 5) is 25.0. The van der Waals surface area contributed by atoms with Crippen molar-refractivity contribution in [3.05, 3.63) is 0 Å². The Bertz CT molecular complexity index is 367. The Morgan fingerprint density at radius 1 is 1.30 bits per heavy atom. The number of hydrogen-bond donors (Lipinski definition) is 1. The highest BCUT2D eigenvalue weighted by molar-refractivity contribution is 5.78. The normalized spacial score (nSPS) is 27.3. The summed E-state index contributed by atoms with van der Waals surface area (Å²) in [6.45, 7) is 4.06. The van der Waals surface area contributed by atoms with Crippen LogP contribution in [0.3, 0.4) is 0 Å². The van der Waals surface area contributed by atoms with E-state index in [-0.39, 0.29) is 18.1 Å². The molecule has 2 rings (SSSR count). The first-order chi connectivity index (χ1) is 9.47. The molecule has 0 aromatic carbocycles. The molecule has 0 radical (unpaired) electrons. The molecule has 0 aromatic rings. The van der Waals surface area contributed by atoms with Gasteiger partial charge in [-0.3, -0.25) is 9.59 Å². The first-order valence-electron chi connectivity index (χ1n) is 7.65. The summed E-state index contributed by atoms with van der Waals surface area (Å²) in [5.74, 6) is -1.25. The van der Waals surface area contributed by atoms with Gasteiger partial charge in [0.2, 0.25) is 5.91 Å². The zero-order valence-corrected chi connectivity index (χ0v) is 12.4. The standard InChI is InChI=1S/C15H25NO4/c1-10(15(18)19)9-16(12-4-5-12)14(17)8-7-13-6-3-11(2)20-13/h10-13H,3-9H2,1-2H3,(H,18,19)/t10-,11+,13-/m0/s1. The molecule has 1 aliphatic carbocycles. The van der Waals surface area contributed by atoms with E-state index in [1.54, 1.807) is 11.8 Å². The van der Waals surface area contributed by atoms with Gasteiger partial charge < -0.3 is 14.7 Å². The van der Waals surface area contributed by atoms with Crippen LogP contribution in [0.1, 0.15) is 52.4 Å². The van der Waals surface area contributed by atoms with Gasteiger partial charge in [-0.15, -0.1) is 0 Å². The molecule has 0 spiro atoms. The van der Waals surface area contributed by atoms with Gasteiger partial charge in [0.25, 0.3) is 0 Å². The second-order valence-corrected chi connectivity index (χ2v) is 6.20. The number of nitrogens with zero attached hydrogens (tertiary/aromatic N) is 1. The highest BCUT2D eigenvalue weighted by Crippen LogP contribution is 2.29. The molecule has 0 bridgehead atoms. The molecular formula is C15H25NO4. The zero-order valence-electron chi connectivity index (χ0n) is 12.4. The maximum atomic E-state index is 12.3. The number of carboxylic acid groups (broad SMARTS) is 1. The number of ether oxygens (including phenoxy) is 1. The average molecular weight is 283 g/mol. The van der Waals surface area contributed by atoms with Crippen LogP contribution in [-0.2, 0) is 14.3 Å². The second kappa shape index (κ2) is 6.57. The smallest absolute Gasteiger partial charge is 0.308 e. The molecule has 5 nitrogen and oxygen atoms in total. The highest BCUT2D eigenvalue weighted by atomic mass is 16.5. The predicted molar refractivity (Wildman–Crippen MR) is 74.3 cm³/mol. The minimum atomic E-state index is -0.837. The maximum absolute atomic E-state index is 12.3. The monoisotopic (exact) mass is 283 g/mol. The fraction of sp³-hybridized carbons (Fsp3) is 0.867. The van der Waals surface area contributed by atoms with Crippen LogP contribution in [0.5, 0.6) is 0 Å². The van der Waals surface area contributed by atoms with Gasteiger partial charge in [0.1, 0.15) is 0 Å². The molecule has 0 unspecified atom stereocenters. The largest absolute Gasteiger partial charge is 0.481 e. The van der Waals surface area contributed by atoms with E-state index >= 15 is 0 Å². The van der Waals surface area contributed by atoms with E-state index in [4.69, 9.17) is 9.84 Å². The molecule has 5 heteroatoms. The summed E-state index contributed by atoms with van der Waals surface area (Å²) in [5, 5.41) is 8.99. The first kappa shape index (κ1) is 15.3. The van der Waals surface area contributed by atoms with E-state index in [2.05, 4.69) is 6.92 Å². The number of hydrogen-bond acceptors (Lipinski definition) is 3. The van der Waals surface area contributed by atoms with E-state index < -0.39 is 11.9 Å². The maximum Gasteiger partial charge on any atom is 0.308 e. The van der Waals surface area contributed by atoms with Gasteiger partial charge in [-0.1, -0.05) is 6.92 Å². The molecule has 3 atom stereocenters. The van der Waals surface area contributed by atoms with Crippen LogP contribution in [0.25, 0.3) is 0 Å². The van der Waals surface area contributed by atoms with Crippen LogP contribution < -0.4 is 0 Å². The van der Waals surface area contributed by atoms with Gasteiger partial charge in [0, 0.05) is 19.0 Å². The van der Waals surface area contributed by atoms with Crippen molar-refractivity contribution >= 4 is 11.9 Å². The fourth-order valence-electron chi connectivity index (χ4n) is 2.74. The molecule has 1 N–H and O–H groups in total. The summed E-state index contributed by atoms with van der Waals surface area (Å²) in [6.07, 6.45) is 5.86. The second-order valence-electron chi connectivity index (χ2n) is 6.20. The Labute approximate surface area is 120 Å². The minimum absolute atomic E-state index is 0.0868. The van der Waals surface area contributed by atoms with Crippen LogP contribution in [-0.4, -0.2) is 46.7 Å². The lowest BCUT2D eigenvalue weighted by Gasteiger charge is -2.25. The van der Waals surface area contributed by atoms with Crippen molar-refractivity contribution in [3.63, 3.8) is 0 Å². The molecule has 2 fully saturated rings. The molecule has 1 amide bonds. The fourth-order valence-corrected chi connectivity index (χ4v) is 2.74. The van der Waals surface area contributed by atoms with E-state index in [0.717, 1.165) is 32.1 Å². The molecule has 1 saturated carbocycles. The topological polar surface area (TPSA) is 66.8 Å². The van der Waals surface area contributed by atoms with Crippen molar-refractivity contribution in [1.29, 1.82) is 0 Å². The van der Waals surface area contributed by atoms with E-state index in [1.165, 1.54) is 0 Å². The average Bonchev–Trinajstić information content (AvgIpc) is 3.15. The Kier molecular flexibility index (Phi) is 5.02. The van der Waals surface area contributed by atoms with Crippen molar-refractivity contribution in [1.82, 2.24) is 4.90 Å². The Hall–Kier alpha value is -1.10. The van der Waals surface area contributed by atoms with Gasteiger partial charge in [-0.2, -0.15) is 0 Å². The summed E-state index contributed by atoms with van der Waals surface area (Å²) in [5.41, 5.74) is 0. The molecule has 20 heavy (non-hydrogen) atoms. The number of carbonyl (C=O) groups is 2. The number of carbonyl (C=O) groups excluding carboxylic acids is 1.